The fourth-order valence-corrected chi connectivity index (χ4v) is 1.15. The quantitative estimate of drug-likeness (QED) is 0.830. The number of benzene rings is 1. The Balaban J connectivity index is 2.49. The number of nitrogens with one attached hydrogen (secondary N) is 1. The van der Waals surface area contributed by atoms with Crippen LogP contribution in [-0.4, -0.2) is 30.9 Å². The Hall–Kier alpha value is -2.02. The molecular weight excluding hydrogens is 202 g/mol. The third kappa shape index (κ3) is 3.28. The monoisotopic (exact) mass is 217 g/mol. The summed E-state index contributed by atoms with van der Waals surface area (Å²) in [6.45, 7) is 2.91. The van der Waals surface area contributed by atoms with E-state index in [-0.39, 0.29) is 12.5 Å². The summed E-state index contributed by atoms with van der Waals surface area (Å²) in [5, 5.41) is 11.6. The van der Waals surface area contributed by atoms with Crippen molar-refractivity contribution in [3.8, 4) is 6.07 Å². The number of carbonyl (C=O) groups excluding carboxylic acids is 1. The first-order valence-corrected chi connectivity index (χ1v) is 5.15. The molecule has 1 aromatic carbocycles. The van der Waals surface area contributed by atoms with E-state index in [0.29, 0.717) is 12.1 Å². The van der Waals surface area contributed by atoms with Crippen LogP contribution in [0.25, 0.3) is 0 Å². The Kier molecular flexibility index (Phi) is 4.34. The first kappa shape index (κ1) is 12.1. The van der Waals surface area contributed by atoms with Gasteiger partial charge in [-0.1, -0.05) is 0 Å². The minimum absolute atomic E-state index is 0.0480. The lowest BCUT2D eigenvalue weighted by molar-refractivity contribution is -0.127. The Morgan fingerprint density at radius 2 is 2.06 bits per heavy atom. The Morgan fingerprint density at radius 1 is 1.44 bits per heavy atom. The maximum absolute atomic E-state index is 11.5. The number of hydrogen-bond donors (Lipinski definition) is 1. The van der Waals surface area contributed by atoms with E-state index in [9.17, 15) is 4.79 Å². The zero-order valence-electron chi connectivity index (χ0n) is 9.53. The molecule has 4 heteroatoms. The van der Waals surface area contributed by atoms with Gasteiger partial charge in [0.2, 0.25) is 5.91 Å². The maximum Gasteiger partial charge on any atom is 0.241 e. The number of hydrogen-bond acceptors (Lipinski definition) is 3. The van der Waals surface area contributed by atoms with Gasteiger partial charge in [-0.05, 0) is 31.2 Å². The van der Waals surface area contributed by atoms with Gasteiger partial charge in [0.25, 0.3) is 0 Å². The second-order valence-electron chi connectivity index (χ2n) is 3.45. The fourth-order valence-electron chi connectivity index (χ4n) is 1.15. The highest BCUT2D eigenvalue weighted by molar-refractivity contribution is 5.80. The molecule has 0 atom stereocenters. The van der Waals surface area contributed by atoms with Crippen LogP contribution in [0.5, 0.6) is 0 Å². The number of amides is 1. The van der Waals surface area contributed by atoms with Crippen LogP contribution in [0.15, 0.2) is 24.3 Å². The number of carbonyl (C=O) groups is 1. The van der Waals surface area contributed by atoms with Crippen LogP contribution in [0, 0.1) is 11.3 Å². The average Bonchev–Trinajstić information content (AvgIpc) is 2.35. The molecule has 0 saturated carbocycles. The highest BCUT2D eigenvalue weighted by Crippen LogP contribution is 2.08. The second kappa shape index (κ2) is 5.76. The summed E-state index contributed by atoms with van der Waals surface area (Å²) in [6, 6.07) is 9.06. The Bertz CT molecular complexity index is 392. The molecule has 0 fully saturated rings. The van der Waals surface area contributed by atoms with Gasteiger partial charge in [-0.2, -0.15) is 5.26 Å². The third-order valence-corrected chi connectivity index (χ3v) is 2.36. The topological polar surface area (TPSA) is 56.1 Å². The lowest BCUT2D eigenvalue weighted by Crippen LogP contribution is -2.31. The molecule has 1 N–H and O–H groups in total. The molecule has 4 nitrogen and oxygen atoms in total. The van der Waals surface area contributed by atoms with Gasteiger partial charge in [-0.25, -0.2) is 0 Å². The number of rotatable bonds is 4. The van der Waals surface area contributed by atoms with Crippen molar-refractivity contribution in [1.29, 1.82) is 5.26 Å². The van der Waals surface area contributed by atoms with Crippen LogP contribution in [0.2, 0.25) is 0 Å². The molecule has 0 aliphatic rings. The van der Waals surface area contributed by atoms with Gasteiger partial charge in [0.05, 0.1) is 18.2 Å². The molecule has 1 amide bonds. The smallest absolute Gasteiger partial charge is 0.241 e. The van der Waals surface area contributed by atoms with Crippen LogP contribution in [0.3, 0.4) is 0 Å². The molecule has 0 aliphatic carbocycles. The summed E-state index contributed by atoms with van der Waals surface area (Å²) in [5.74, 6) is 0.0480. The van der Waals surface area contributed by atoms with E-state index in [1.54, 1.807) is 36.2 Å². The molecule has 0 radical (unpaired) electrons. The normalized spacial score (nSPS) is 9.31. The minimum atomic E-state index is 0.0480. The van der Waals surface area contributed by atoms with Crippen LogP contribution >= 0.6 is 0 Å². The highest BCUT2D eigenvalue weighted by atomic mass is 16.2. The van der Waals surface area contributed by atoms with Crippen LogP contribution in [-0.2, 0) is 4.79 Å². The largest absolute Gasteiger partial charge is 0.376 e. The van der Waals surface area contributed by atoms with E-state index in [0.717, 1.165) is 5.69 Å². The van der Waals surface area contributed by atoms with E-state index < -0.39 is 0 Å². The molecular formula is C12H15N3O. The van der Waals surface area contributed by atoms with Crippen molar-refractivity contribution in [3.63, 3.8) is 0 Å². The summed E-state index contributed by atoms with van der Waals surface area (Å²) < 4.78 is 0. The van der Waals surface area contributed by atoms with Gasteiger partial charge in [0.15, 0.2) is 0 Å². The first-order chi connectivity index (χ1) is 7.67. The van der Waals surface area contributed by atoms with Crippen molar-refractivity contribution in [2.24, 2.45) is 0 Å². The summed E-state index contributed by atoms with van der Waals surface area (Å²) in [7, 11) is 1.77. The second-order valence-corrected chi connectivity index (χ2v) is 3.45. The lowest BCUT2D eigenvalue weighted by Gasteiger charge is -2.15. The van der Waals surface area contributed by atoms with Crippen LogP contribution in [0.4, 0.5) is 5.69 Å². The summed E-state index contributed by atoms with van der Waals surface area (Å²) in [5.41, 5.74) is 1.46. The van der Waals surface area contributed by atoms with Crippen molar-refractivity contribution in [2.45, 2.75) is 6.92 Å². The summed E-state index contributed by atoms with van der Waals surface area (Å²) >= 11 is 0. The maximum atomic E-state index is 11.5. The fraction of sp³-hybridized carbons (Fsp3) is 0.333. The zero-order valence-corrected chi connectivity index (χ0v) is 9.53. The molecule has 84 valence electrons. The molecule has 0 aromatic heterocycles. The molecule has 0 unspecified atom stereocenters. The molecule has 0 heterocycles. The van der Waals surface area contributed by atoms with Gasteiger partial charge in [-0.15, -0.1) is 0 Å². The number of anilines is 1. The number of nitrogens with zero attached hydrogens (tertiary/aromatic N) is 2. The summed E-state index contributed by atoms with van der Waals surface area (Å²) in [6.07, 6.45) is 0. The van der Waals surface area contributed by atoms with Gasteiger partial charge in [0.1, 0.15) is 0 Å². The molecule has 0 saturated heterocycles. The van der Waals surface area contributed by atoms with Crippen molar-refractivity contribution >= 4 is 11.6 Å². The SMILES string of the molecule is CCN(C)C(=O)CNc1ccc(C#N)cc1. The van der Waals surface area contributed by atoms with E-state index in [2.05, 4.69) is 5.32 Å². The van der Waals surface area contributed by atoms with Gasteiger partial charge in [-0.3, -0.25) is 4.79 Å². The van der Waals surface area contributed by atoms with Crippen molar-refractivity contribution in [2.75, 3.05) is 25.5 Å². The molecule has 1 rings (SSSR count). The molecule has 0 bridgehead atoms. The van der Waals surface area contributed by atoms with Gasteiger partial charge in [0, 0.05) is 19.3 Å². The van der Waals surface area contributed by atoms with E-state index >= 15 is 0 Å². The van der Waals surface area contributed by atoms with Crippen LogP contribution < -0.4 is 5.32 Å². The predicted octanol–water partition coefficient (Wildman–Crippen LogP) is 1.45. The molecule has 1 aromatic rings. The third-order valence-electron chi connectivity index (χ3n) is 2.36. The average molecular weight is 217 g/mol. The van der Waals surface area contributed by atoms with Gasteiger partial charge >= 0.3 is 0 Å². The van der Waals surface area contributed by atoms with Crippen molar-refractivity contribution in [1.82, 2.24) is 4.90 Å². The predicted molar refractivity (Wildman–Crippen MR) is 63.0 cm³/mol. The minimum Gasteiger partial charge on any atom is -0.376 e. The zero-order chi connectivity index (χ0) is 12.0. The standard InChI is InChI=1S/C12H15N3O/c1-3-15(2)12(16)9-14-11-6-4-10(8-13)5-7-11/h4-7,14H,3,9H2,1-2H3. The number of likely N-dealkylation sites (N-methyl/N-ethyl adjacent to an activating group) is 1. The van der Waals surface area contributed by atoms with E-state index in [1.807, 2.05) is 13.0 Å². The number of nitriles is 1. The van der Waals surface area contributed by atoms with E-state index in [1.165, 1.54) is 0 Å². The van der Waals surface area contributed by atoms with Gasteiger partial charge < -0.3 is 10.2 Å². The van der Waals surface area contributed by atoms with Crippen molar-refractivity contribution in [3.05, 3.63) is 29.8 Å². The molecule has 0 spiro atoms. The van der Waals surface area contributed by atoms with Crippen molar-refractivity contribution < 1.29 is 4.79 Å². The molecule has 0 aliphatic heterocycles. The van der Waals surface area contributed by atoms with Crippen LogP contribution in [0.1, 0.15) is 12.5 Å². The summed E-state index contributed by atoms with van der Waals surface area (Å²) in [4.78, 5) is 13.1. The Labute approximate surface area is 95.5 Å². The molecule has 16 heavy (non-hydrogen) atoms. The Morgan fingerprint density at radius 3 is 2.56 bits per heavy atom. The first-order valence-electron chi connectivity index (χ1n) is 5.15. The lowest BCUT2D eigenvalue weighted by atomic mass is 10.2. The highest BCUT2D eigenvalue weighted by Gasteiger charge is 2.05. The van der Waals surface area contributed by atoms with E-state index in [4.69, 9.17) is 5.26 Å².